The Bertz CT molecular complexity index is 421. The second kappa shape index (κ2) is 7.34. The van der Waals surface area contributed by atoms with Crippen LogP contribution in [-0.4, -0.2) is 47.8 Å². The molecule has 2 aliphatic rings. The van der Waals surface area contributed by atoms with Crippen molar-refractivity contribution < 1.29 is 4.74 Å². The van der Waals surface area contributed by atoms with Gasteiger partial charge >= 0.3 is 0 Å². The van der Waals surface area contributed by atoms with E-state index in [1.807, 2.05) is 12.3 Å². The maximum atomic E-state index is 6.19. The number of aromatic nitrogens is 1. The van der Waals surface area contributed by atoms with Gasteiger partial charge < -0.3 is 10.1 Å². The van der Waals surface area contributed by atoms with Gasteiger partial charge in [-0.2, -0.15) is 0 Å². The highest BCUT2D eigenvalue weighted by atomic mass is 16.5. The molecule has 1 aliphatic carbocycles. The molecule has 2 heterocycles. The molecule has 1 N–H and O–H groups in total. The fraction of sp³-hybridized carbons (Fsp3) is 0.706. The Morgan fingerprint density at radius 1 is 1.24 bits per heavy atom. The summed E-state index contributed by atoms with van der Waals surface area (Å²) in [5, 5.41) is 3.58. The smallest absolute Gasteiger partial charge is 0.0707 e. The lowest BCUT2D eigenvalue weighted by atomic mass is 10.2. The molecule has 0 bridgehead atoms. The molecular weight excluding hydrogens is 262 g/mol. The highest BCUT2D eigenvalue weighted by Gasteiger charge is 2.28. The summed E-state index contributed by atoms with van der Waals surface area (Å²) in [5.74, 6) is 0. The lowest BCUT2D eigenvalue weighted by molar-refractivity contribution is 0.0224. The summed E-state index contributed by atoms with van der Waals surface area (Å²) in [6.07, 6.45) is 7.77. The highest BCUT2D eigenvalue weighted by Crippen LogP contribution is 2.23. The first-order valence-electron chi connectivity index (χ1n) is 8.34. The molecule has 0 aromatic carbocycles. The minimum absolute atomic E-state index is 0.389. The van der Waals surface area contributed by atoms with Crippen LogP contribution >= 0.6 is 0 Å². The third-order valence-corrected chi connectivity index (χ3v) is 4.43. The van der Waals surface area contributed by atoms with Gasteiger partial charge in [-0.25, -0.2) is 0 Å². The molecule has 0 radical (unpaired) electrons. The fourth-order valence-corrected chi connectivity index (χ4v) is 2.96. The minimum Gasteiger partial charge on any atom is -0.372 e. The Hall–Kier alpha value is -0.970. The molecule has 21 heavy (non-hydrogen) atoms. The van der Waals surface area contributed by atoms with Gasteiger partial charge in [0.05, 0.1) is 17.9 Å². The molecule has 4 heteroatoms. The van der Waals surface area contributed by atoms with Crippen LogP contribution < -0.4 is 5.32 Å². The highest BCUT2D eigenvalue weighted by molar-refractivity contribution is 5.03. The molecule has 4 nitrogen and oxygen atoms in total. The van der Waals surface area contributed by atoms with Crippen molar-refractivity contribution in [2.75, 3.05) is 19.6 Å². The first kappa shape index (κ1) is 14.9. The number of likely N-dealkylation sites (N-methyl/N-ethyl adjacent to an activating group) is 1. The molecule has 2 fully saturated rings. The van der Waals surface area contributed by atoms with E-state index in [4.69, 9.17) is 4.74 Å². The normalized spacial score (nSPS) is 25.6. The number of ether oxygens (including phenoxy) is 1. The van der Waals surface area contributed by atoms with E-state index in [1.165, 1.54) is 25.7 Å². The number of rotatable bonds is 8. The predicted molar refractivity (Wildman–Crippen MR) is 84.1 cm³/mol. The molecule has 0 amide bonds. The molecule has 3 rings (SSSR count). The van der Waals surface area contributed by atoms with E-state index in [2.05, 4.69) is 34.3 Å². The molecule has 1 saturated heterocycles. The van der Waals surface area contributed by atoms with Crippen molar-refractivity contribution in [2.45, 2.75) is 57.4 Å². The fourth-order valence-electron chi connectivity index (χ4n) is 2.96. The second-order valence-corrected chi connectivity index (χ2v) is 6.29. The number of nitrogens with one attached hydrogen (secondary N) is 1. The van der Waals surface area contributed by atoms with Crippen LogP contribution in [0.4, 0.5) is 0 Å². The van der Waals surface area contributed by atoms with Crippen LogP contribution in [-0.2, 0) is 11.3 Å². The van der Waals surface area contributed by atoms with Gasteiger partial charge in [-0.15, -0.1) is 0 Å². The first-order chi connectivity index (χ1) is 10.3. The molecule has 116 valence electrons. The second-order valence-electron chi connectivity index (χ2n) is 6.29. The summed E-state index contributed by atoms with van der Waals surface area (Å²) in [6, 6.07) is 6.91. The summed E-state index contributed by atoms with van der Waals surface area (Å²) in [4.78, 5) is 6.85. The van der Waals surface area contributed by atoms with Crippen molar-refractivity contribution in [1.29, 1.82) is 0 Å². The third-order valence-electron chi connectivity index (χ3n) is 4.43. The summed E-state index contributed by atoms with van der Waals surface area (Å²) >= 11 is 0. The average Bonchev–Trinajstić information content (AvgIpc) is 3.25. The zero-order valence-electron chi connectivity index (χ0n) is 13.0. The molecule has 0 spiro atoms. The van der Waals surface area contributed by atoms with Crippen LogP contribution in [0.2, 0.25) is 0 Å². The third kappa shape index (κ3) is 4.77. The Labute approximate surface area is 127 Å². The van der Waals surface area contributed by atoms with Gasteiger partial charge in [0.1, 0.15) is 0 Å². The standard InChI is InChI=1S/C17H27N3O/c1-2-20(12-15-5-3-4-10-18-15)13-17-9-8-16(21-17)11-19-14-6-7-14/h3-5,10,14,16-17,19H,2,6-9,11-13H2,1H3. The number of pyridine rings is 1. The van der Waals surface area contributed by atoms with Crippen molar-refractivity contribution in [3.05, 3.63) is 30.1 Å². The maximum Gasteiger partial charge on any atom is 0.0707 e. The zero-order chi connectivity index (χ0) is 14.5. The Kier molecular flexibility index (Phi) is 5.22. The van der Waals surface area contributed by atoms with Gasteiger partial charge in [-0.05, 0) is 44.4 Å². The number of nitrogens with zero attached hydrogens (tertiary/aromatic N) is 2. The summed E-state index contributed by atoms with van der Waals surface area (Å²) in [6.45, 7) is 6.23. The minimum atomic E-state index is 0.389. The predicted octanol–water partition coefficient (Wildman–Crippen LogP) is 2.20. The topological polar surface area (TPSA) is 37.4 Å². The summed E-state index contributed by atoms with van der Waals surface area (Å²) < 4.78 is 6.19. The van der Waals surface area contributed by atoms with Gasteiger partial charge in [-0.3, -0.25) is 9.88 Å². The van der Waals surface area contributed by atoms with Crippen LogP contribution in [0, 0.1) is 0 Å². The zero-order valence-corrected chi connectivity index (χ0v) is 13.0. The molecule has 1 aliphatic heterocycles. The Morgan fingerprint density at radius 3 is 2.81 bits per heavy atom. The Balaban J connectivity index is 1.41. The molecule has 1 aromatic heterocycles. The molecule has 2 unspecified atom stereocenters. The van der Waals surface area contributed by atoms with E-state index in [0.29, 0.717) is 12.2 Å². The Morgan fingerprint density at radius 2 is 2.10 bits per heavy atom. The lowest BCUT2D eigenvalue weighted by Crippen LogP contribution is -2.34. The van der Waals surface area contributed by atoms with Gasteiger partial charge in [0.15, 0.2) is 0 Å². The van der Waals surface area contributed by atoms with E-state index < -0.39 is 0 Å². The van der Waals surface area contributed by atoms with Crippen LogP contribution in [0.25, 0.3) is 0 Å². The van der Waals surface area contributed by atoms with Crippen LogP contribution in [0.3, 0.4) is 0 Å². The van der Waals surface area contributed by atoms with Gasteiger partial charge in [0.25, 0.3) is 0 Å². The monoisotopic (exact) mass is 289 g/mol. The summed E-state index contributed by atoms with van der Waals surface area (Å²) in [5.41, 5.74) is 1.14. The summed E-state index contributed by atoms with van der Waals surface area (Å²) in [7, 11) is 0. The van der Waals surface area contributed by atoms with Gasteiger partial charge in [-0.1, -0.05) is 13.0 Å². The van der Waals surface area contributed by atoms with Gasteiger partial charge in [0.2, 0.25) is 0 Å². The van der Waals surface area contributed by atoms with Gasteiger partial charge in [0, 0.05) is 31.9 Å². The maximum absolute atomic E-state index is 6.19. The molecule has 2 atom stereocenters. The average molecular weight is 289 g/mol. The quantitative estimate of drug-likeness (QED) is 0.796. The molecular formula is C17H27N3O. The van der Waals surface area contributed by atoms with Crippen molar-refractivity contribution in [2.24, 2.45) is 0 Å². The first-order valence-corrected chi connectivity index (χ1v) is 8.34. The number of hydrogen-bond donors (Lipinski definition) is 1. The van der Waals surface area contributed by atoms with E-state index >= 15 is 0 Å². The van der Waals surface area contributed by atoms with Crippen LogP contribution in [0.1, 0.15) is 38.3 Å². The largest absolute Gasteiger partial charge is 0.372 e. The molecule has 1 saturated carbocycles. The SMILES string of the molecule is CCN(Cc1ccccn1)CC1CCC(CNC2CC2)O1. The lowest BCUT2D eigenvalue weighted by Gasteiger charge is -2.24. The molecule has 1 aromatic rings. The van der Waals surface area contributed by atoms with E-state index in [1.54, 1.807) is 0 Å². The van der Waals surface area contributed by atoms with Crippen molar-refractivity contribution in [3.8, 4) is 0 Å². The van der Waals surface area contributed by atoms with E-state index in [0.717, 1.165) is 37.9 Å². The van der Waals surface area contributed by atoms with Crippen molar-refractivity contribution >= 4 is 0 Å². The van der Waals surface area contributed by atoms with Crippen molar-refractivity contribution in [3.63, 3.8) is 0 Å². The van der Waals surface area contributed by atoms with Crippen molar-refractivity contribution in [1.82, 2.24) is 15.2 Å². The number of hydrogen-bond acceptors (Lipinski definition) is 4. The van der Waals surface area contributed by atoms with Crippen LogP contribution in [0.5, 0.6) is 0 Å². The van der Waals surface area contributed by atoms with E-state index in [-0.39, 0.29) is 0 Å². The van der Waals surface area contributed by atoms with Crippen LogP contribution in [0.15, 0.2) is 24.4 Å². The van der Waals surface area contributed by atoms with E-state index in [9.17, 15) is 0 Å².